The molecule has 2 rings (SSSR count). The number of hydrogen-bond donors (Lipinski definition) is 1. The first-order chi connectivity index (χ1) is 8.91. The van der Waals surface area contributed by atoms with E-state index >= 15 is 0 Å². The van der Waals surface area contributed by atoms with Crippen LogP contribution in [0, 0.1) is 12.7 Å². The van der Waals surface area contributed by atoms with Gasteiger partial charge < -0.3 is 14.7 Å². The molecule has 0 aromatic heterocycles. The Morgan fingerprint density at radius 1 is 1.53 bits per heavy atom. The Morgan fingerprint density at radius 2 is 2.21 bits per heavy atom. The van der Waals surface area contributed by atoms with Gasteiger partial charge in [0.1, 0.15) is 12.4 Å². The third-order valence-electron chi connectivity index (χ3n) is 3.25. The van der Waals surface area contributed by atoms with Crippen LogP contribution in [0.5, 0.6) is 0 Å². The fraction of sp³-hybridized carbons (Fsp3) is 0.385. The van der Waals surface area contributed by atoms with Gasteiger partial charge in [0.2, 0.25) is 5.91 Å². The van der Waals surface area contributed by atoms with Gasteiger partial charge in [0.15, 0.2) is 6.10 Å². The molecule has 1 amide bonds. The molecule has 1 heterocycles. The van der Waals surface area contributed by atoms with Crippen molar-refractivity contribution < 1.29 is 23.8 Å². The number of rotatable bonds is 2. The Bertz CT molecular complexity index is 531. The zero-order valence-electron chi connectivity index (χ0n) is 10.6. The summed E-state index contributed by atoms with van der Waals surface area (Å²) in [5.41, 5.74) is 0.940. The first-order valence-corrected chi connectivity index (χ1v) is 5.78. The predicted octanol–water partition coefficient (Wildman–Crippen LogP) is 1.12. The molecular weight excluding hydrogens is 253 g/mol. The summed E-state index contributed by atoms with van der Waals surface area (Å²) in [6, 6.07) is 3.52. The number of amides is 1. The summed E-state index contributed by atoms with van der Waals surface area (Å²) in [4.78, 5) is 24.2. The number of morpholine rings is 1. The summed E-state index contributed by atoms with van der Waals surface area (Å²) in [6.45, 7) is 1.32. The van der Waals surface area contributed by atoms with E-state index < -0.39 is 18.1 Å². The van der Waals surface area contributed by atoms with Gasteiger partial charge in [-0.2, -0.15) is 0 Å². The van der Waals surface area contributed by atoms with E-state index in [0.717, 1.165) is 0 Å². The Kier molecular flexibility index (Phi) is 3.53. The van der Waals surface area contributed by atoms with E-state index in [9.17, 15) is 14.0 Å². The lowest BCUT2D eigenvalue weighted by atomic mass is 9.96. The summed E-state index contributed by atoms with van der Waals surface area (Å²) in [7, 11) is 1.52. The maximum Gasteiger partial charge on any atom is 0.335 e. The minimum Gasteiger partial charge on any atom is -0.479 e. The van der Waals surface area contributed by atoms with Gasteiger partial charge in [0.25, 0.3) is 0 Å². The molecule has 1 aromatic rings. The Labute approximate surface area is 109 Å². The number of nitrogens with zero attached hydrogens (tertiary/aromatic N) is 1. The molecule has 2 unspecified atom stereocenters. The van der Waals surface area contributed by atoms with Gasteiger partial charge in [0.05, 0.1) is 6.04 Å². The van der Waals surface area contributed by atoms with Crippen LogP contribution in [0.3, 0.4) is 0 Å². The number of likely N-dealkylation sites (N-methyl/N-ethyl adjacent to an activating group) is 1. The Morgan fingerprint density at radius 3 is 2.79 bits per heavy atom. The quantitative estimate of drug-likeness (QED) is 0.872. The van der Waals surface area contributed by atoms with Crippen molar-refractivity contribution in [2.75, 3.05) is 13.7 Å². The molecule has 1 aliphatic heterocycles. The third-order valence-corrected chi connectivity index (χ3v) is 3.25. The summed E-state index contributed by atoms with van der Waals surface area (Å²) in [5, 5.41) is 9.16. The predicted molar refractivity (Wildman–Crippen MR) is 64.0 cm³/mol. The Balaban J connectivity index is 2.43. The lowest BCUT2D eigenvalue weighted by Gasteiger charge is -2.37. The van der Waals surface area contributed by atoms with Crippen molar-refractivity contribution >= 4 is 11.9 Å². The monoisotopic (exact) mass is 267 g/mol. The zero-order chi connectivity index (χ0) is 14.2. The van der Waals surface area contributed by atoms with Gasteiger partial charge in [-0.15, -0.1) is 0 Å². The van der Waals surface area contributed by atoms with E-state index in [0.29, 0.717) is 11.1 Å². The van der Waals surface area contributed by atoms with E-state index in [-0.39, 0.29) is 18.3 Å². The molecule has 1 N–H and O–H groups in total. The lowest BCUT2D eigenvalue weighted by Crippen LogP contribution is -2.50. The number of carboxylic acids is 1. The standard InChI is InChI=1S/C13H14FNO4/c1-7-5-8(3-4-9(7)14)11-12(13(17)18)19-6-10(16)15(11)2/h3-5,11-12H,6H2,1-2H3,(H,17,18). The van der Waals surface area contributed by atoms with Gasteiger partial charge in [-0.1, -0.05) is 12.1 Å². The number of hydrogen-bond acceptors (Lipinski definition) is 3. The molecule has 102 valence electrons. The van der Waals surface area contributed by atoms with Crippen LogP contribution in [0.25, 0.3) is 0 Å². The molecule has 6 heteroatoms. The van der Waals surface area contributed by atoms with Crippen LogP contribution in [-0.2, 0) is 14.3 Å². The average molecular weight is 267 g/mol. The molecule has 1 aromatic carbocycles. The molecular formula is C13H14FNO4. The van der Waals surface area contributed by atoms with Gasteiger partial charge in [-0.25, -0.2) is 9.18 Å². The summed E-state index contributed by atoms with van der Waals surface area (Å²) in [6.07, 6.45) is -1.15. The topological polar surface area (TPSA) is 66.8 Å². The lowest BCUT2D eigenvalue weighted by molar-refractivity contribution is -0.171. The molecule has 0 aliphatic carbocycles. The van der Waals surface area contributed by atoms with Crippen molar-refractivity contribution in [2.24, 2.45) is 0 Å². The van der Waals surface area contributed by atoms with Crippen LogP contribution in [0.4, 0.5) is 4.39 Å². The maximum absolute atomic E-state index is 13.3. The number of ether oxygens (including phenoxy) is 1. The fourth-order valence-electron chi connectivity index (χ4n) is 2.17. The average Bonchev–Trinajstić information content (AvgIpc) is 2.35. The van der Waals surface area contributed by atoms with Crippen LogP contribution in [-0.4, -0.2) is 41.6 Å². The molecule has 0 saturated carbocycles. The number of aryl methyl sites for hydroxylation is 1. The molecule has 1 fully saturated rings. The minimum absolute atomic E-state index is 0.260. The van der Waals surface area contributed by atoms with E-state index in [2.05, 4.69) is 0 Å². The van der Waals surface area contributed by atoms with Crippen LogP contribution in [0.2, 0.25) is 0 Å². The Hall–Kier alpha value is -1.95. The third kappa shape index (κ3) is 2.44. The zero-order valence-corrected chi connectivity index (χ0v) is 10.6. The number of aliphatic carboxylic acids is 1. The van der Waals surface area contributed by atoms with Gasteiger partial charge in [-0.05, 0) is 24.1 Å². The van der Waals surface area contributed by atoms with E-state index in [1.54, 1.807) is 6.92 Å². The number of carbonyl (C=O) groups excluding carboxylic acids is 1. The largest absolute Gasteiger partial charge is 0.479 e. The van der Waals surface area contributed by atoms with E-state index in [1.807, 2.05) is 0 Å². The van der Waals surface area contributed by atoms with Crippen molar-refractivity contribution in [3.63, 3.8) is 0 Å². The number of halogens is 1. The van der Waals surface area contributed by atoms with Crippen molar-refractivity contribution in [1.82, 2.24) is 4.90 Å². The summed E-state index contributed by atoms with van der Waals surface area (Å²) < 4.78 is 18.3. The first kappa shape index (κ1) is 13.5. The molecule has 19 heavy (non-hydrogen) atoms. The highest BCUT2D eigenvalue weighted by molar-refractivity contribution is 5.82. The molecule has 2 atom stereocenters. The summed E-state index contributed by atoms with van der Waals surface area (Å²) >= 11 is 0. The molecule has 0 spiro atoms. The molecule has 5 nitrogen and oxygen atoms in total. The van der Waals surface area contributed by atoms with Crippen LogP contribution < -0.4 is 0 Å². The van der Waals surface area contributed by atoms with Gasteiger partial charge >= 0.3 is 5.97 Å². The van der Waals surface area contributed by atoms with Crippen LogP contribution >= 0.6 is 0 Å². The minimum atomic E-state index is -1.15. The highest BCUT2D eigenvalue weighted by atomic mass is 19.1. The fourth-order valence-corrected chi connectivity index (χ4v) is 2.17. The maximum atomic E-state index is 13.3. The SMILES string of the molecule is Cc1cc(C2C(C(=O)O)OCC(=O)N2C)ccc1F. The molecule has 0 bridgehead atoms. The number of benzene rings is 1. The highest BCUT2D eigenvalue weighted by Gasteiger charge is 2.40. The molecule has 0 radical (unpaired) electrons. The van der Waals surface area contributed by atoms with Crippen molar-refractivity contribution in [2.45, 2.75) is 19.1 Å². The molecule has 1 aliphatic rings. The number of carboxylic acid groups (broad SMARTS) is 1. The van der Waals surface area contributed by atoms with Gasteiger partial charge in [-0.3, -0.25) is 4.79 Å². The van der Waals surface area contributed by atoms with Crippen molar-refractivity contribution in [3.8, 4) is 0 Å². The second kappa shape index (κ2) is 4.97. The van der Waals surface area contributed by atoms with Crippen LogP contribution in [0.1, 0.15) is 17.2 Å². The highest BCUT2D eigenvalue weighted by Crippen LogP contribution is 2.30. The first-order valence-electron chi connectivity index (χ1n) is 5.78. The van der Waals surface area contributed by atoms with Crippen molar-refractivity contribution in [3.05, 3.63) is 35.1 Å². The number of carbonyl (C=O) groups is 2. The van der Waals surface area contributed by atoms with Gasteiger partial charge in [0, 0.05) is 7.05 Å². The second-order valence-electron chi connectivity index (χ2n) is 4.53. The van der Waals surface area contributed by atoms with Crippen LogP contribution in [0.15, 0.2) is 18.2 Å². The normalized spacial score (nSPS) is 23.5. The second-order valence-corrected chi connectivity index (χ2v) is 4.53. The smallest absolute Gasteiger partial charge is 0.335 e. The van der Waals surface area contributed by atoms with Crippen molar-refractivity contribution in [1.29, 1.82) is 0 Å². The summed E-state index contributed by atoms with van der Waals surface area (Å²) in [5.74, 6) is -1.82. The van der Waals surface area contributed by atoms with E-state index in [1.165, 1.54) is 30.1 Å². The molecule has 1 saturated heterocycles. The van der Waals surface area contributed by atoms with E-state index in [4.69, 9.17) is 9.84 Å².